The largest absolute Gasteiger partial charge is 0.398 e. The van der Waals surface area contributed by atoms with Gasteiger partial charge in [-0.1, -0.05) is 45.0 Å². The number of fused-ring (bicyclic) bond motifs is 1. The van der Waals surface area contributed by atoms with Gasteiger partial charge in [-0.2, -0.15) is 0 Å². The van der Waals surface area contributed by atoms with E-state index in [9.17, 15) is 8.42 Å². The lowest BCUT2D eigenvalue weighted by molar-refractivity contribution is 0.408. The van der Waals surface area contributed by atoms with Crippen LogP contribution in [-0.2, 0) is 10.0 Å². The molecule has 3 N–H and O–H groups in total. The van der Waals surface area contributed by atoms with Gasteiger partial charge in [-0.3, -0.25) is 0 Å². The Hall–Kier alpha value is -1.59. The van der Waals surface area contributed by atoms with Crippen LogP contribution in [0.1, 0.15) is 20.8 Å². The van der Waals surface area contributed by atoms with Gasteiger partial charge in [-0.25, -0.2) is 13.1 Å². The third kappa shape index (κ3) is 3.11. The van der Waals surface area contributed by atoms with Gasteiger partial charge in [0.15, 0.2) is 0 Å². The summed E-state index contributed by atoms with van der Waals surface area (Å²) in [7, 11) is -3.54. The fourth-order valence-corrected chi connectivity index (χ4v) is 3.41. The molecule has 0 bridgehead atoms. The number of nitrogens with two attached hydrogens (primary N) is 1. The molecule has 4 nitrogen and oxygen atoms in total. The normalized spacial score (nSPS) is 12.8. The molecule has 0 saturated heterocycles. The molecule has 0 aliphatic rings. The number of hydrogen-bond donors (Lipinski definition) is 2. The summed E-state index contributed by atoms with van der Waals surface area (Å²) in [4.78, 5) is 0.270. The first kappa shape index (κ1) is 14.8. The number of hydrogen-bond acceptors (Lipinski definition) is 3. The van der Waals surface area contributed by atoms with Crippen molar-refractivity contribution in [2.75, 3.05) is 12.3 Å². The number of rotatable bonds is 3. The second-order valence-corrected chi connectivity index (χ2v) is 7.82. The lowest BCUT2D eigenvalue weighted by atomic mass is 9.98. The predicted octanol–water partition coefficient (Wildman–Crippen LogP) is 2.75. The molecular weight excluding hydrogens is 272 g/mol. The molecule has 0 heterocycles. The minimum Gasteiger partial charge on any atom is -0.398 e. The second-order valence-electron chi connectivity index (χ2n) is 6.08. The van der Waals surface area contributed by atoms with Gasteiger partial charge in [0, 0.05) is 23.0 Å². The summed E-state index contributed by atoms with van der Waals surface area (Å²) in [5.74, 6) is 0. The van der Waals surface area contributed by atoms with E-state index in [1.807, 2.05) is 39.0 Å². The van der Waals surface area contributed by atoms with Gasteiger partial charge in [0.25, 0.3) is 0 Å². The lowest BCUT2D eigenvalue weighted by Gasteiger charge is -2.19. The molecule has 0 saturated carbocycles. The van der Waals surface area contributed by atoms with E-state index >= 15 is 0 Å². The Bertz CT molecular complexity index is 731. The van der Waals surface area contributed by atoms with E-state index in [1.54, 1.807) is 18.2 Å². The van der Waals surface area contributed by atoms with Crippen molar-refractivity contribution >= 4 is 26.5 Å². The highest BCUT2D eigenvalue weighted by atomic mass is 32.2. The lowest BCUT2D eigenvalue weighted by Crippen LogP contribution is -2.32. The molecule has 0 spiro atoms. The zero-order valence-electron chi connectivity index (χ0n) is 12.0. The monoisotopic (exact) mass is 292 g/mol. The van der Waals surface area contributed by atoms with E-state index in [4.69, 9.17) is 5.73 Å². The second kappa shape index (κ2) is 5.07. The number of nitrogen functional groups attached to an aromatic ring is 1. The van der Waals surface area contributed by atoms with Crippen molar-refractivity contribution in [1.29, 1.82) is 0 Å². The van der Waals surface area contributed by atoms with E-state index in [1.165, 1.54) is 0 Å². The van der Waals surface area contributed by atoms with Gasteiger partial charge in [-0.15, -0.1) is 0 Å². The molecule has 0 fully saturated rings. The molecule has 0 aromatic heterocycles. The third-order valence-electron chi connectivity index (χ3n) is 3.00. The molecule has 0 unspecified atom stereocenters. The SMILES string of the molecule is CC(C)(C)CNS(=O)(=O)c1ccc(N)c2ccccc12. The van der Waals surface area contributed by atoms with Crippen molar-refractivity contribution in [3.8, 4) is 0 Å². The standard InChI is InChI=1S/C15H20N2O2S/c1-15(2,3)10-17-20(18,19)14-9-8-13(16)11-6-4-5-7-12(11)14/h4-9,17H,10,16H2,1-3H3. The van der Waals surface area contributed by atoms with Crippen molar-refractivity contribution in [3.05, 3.63) is 36.4 Å². The molecule has 5 heteroatoms. The van der Waals surface area contributed by atoms with Crippen molar-refractivity contribution in [2.45, 2.75) is 25.7 Å². The fraction of sp³-hybridized carbons (Fsp3) is 0.333. The van der Waals surface area contributed by atoms with Gasteiger partial charge < -0.3 is 5.73 Å². The van der Waals surface area contributed by atoms with Crippen LogP contribution in [0.25, 0.3) is 10.8 Å². The molecule has 0 radical (unpaired) electrons. The Morgan fingerprint density at radius 2 is 1.65 bits per heavy atom. The molecule has 2 aromatic rings. The molecule has 20 heavy (non-hydrogen) atoms. The topological polar surface area (TPSA) is 72.2 Å². The van der Waals surface area contributed by atoms with E-state index in [2.05, 4.69) is 4.72 Å². The number of sulfonamides is 1. The van der Waals surface area contributed by atoms with Crippen molar-refractivity contribution in [1.82, 2.24) is 4.72 Å². The van der Waals surface area contributed by atoms with Crippen LogP contribution in [0.4, 0.5) is 5.69 Å². The maximum Gasteiger partial charge on any atom is 0.241 e. The minimum atomic E-state index is -3.54. The van der Waals surface area contributed by atoms with Gasteiger partial charge in [0.2, 0.25) is 10.0 Å². The summed E-state index contributed by atoms with van der Waals surface area (Å²) < 4.78 is 27.6. The van der Waals surface area contributed by atoms with Crippen LogP contribution in [0.3, 0.4) is 0 Å². The summed E-state index contributed by atoms with van der Waals surface area (Å²) in [5.41, 5.74) is 6.36. The van der Waals surface area contributed by atoms with Crippen LogP contribution in [-0.4, -0.2) is 15.0 Å². The van der Waals surface area contributed by atoms with Crippen LogP contribution >= 0.6 is 0 Å². The predicted molar refractivity (Wildman–Crippen MR) is 83.0 cm³/mol. The van der Waals surface area contributed by atoms with Gasteiger partial charge in [-0.05, 0) is 17.5 Å². The van der Waals surface area contributed by atoms with E-state index in [0.717, 1.165) is 5.39 Å². The first-order chi connectivity index (χ1) is 9.21. The van der Waals surface area contributed by atoms with Crippen molar-refractivity contribution in [3.63, 3.8) is 0 Å². The van der Waals surface area contributed by atoms with Crippen LogP contribution < -0.4 is 10.5 Å². The third-order valence-corrected chi connectivity index (χ3v) is 4.46. The highest BCUT2D eigenvalue weighted by Gasteiger charge is 2.20. The van der Waals surface area contributed by atoms with Crippen LogP contribution in [0.2, 0.25) is 0 Å². The van der Waals surface area contributed by atoms with Gasteiger partial charge in [0.05, 0.1) is 4.90 Å². The van der Waals surface area contributed by atoms with Crippen LogP contribution in [0, 0.1) is 5.41 Å². The average Bonchev–Trinajstić information content (AvgIpc) is 2.36. The molecule has 2 rings (SSSR count). The summed E-state index contributed by atoms with van der Waals surface area (Å²) in [6.45, 7) is 6.33. The Balaban J connectivity index is 2.50. The highest BCUT2D eigenvalue weighted by molar-refractivity contribution is 7.89. The molecule has 0 aliphatic heterocycles. The van der Waals surface area contributed by atoms with Gasteiger partial charge in [0.1, 0.15) is 0 Å². The molecule has 108 valence electrons. The maximum atomic E-state index is 12.5. The van der Waals surface area contributed by atoms with Crippen LogP contribution in [0.5, 0.6) is 0 Å². The Kier molecular flexibility index (Phi) is 3.75. The quantitative estimate of drug-likeness (QED) is 0.854. The van der Waals surface area contributed by atoms with Crippen molar-refractivity contribution < 1.29 is 8.42 Å². The summed E-state index contributed by atoms with van der Waals surface area (Å²) >= 11 is 0. The zero-order chi connectivity index (χ0) is 15.0. The summed E-state index contributed by atoms with van der Waals surface area (Å²) in [6.07, 6.45) is 0. The van der Waals surface area contributed by atoms with E-state index in [0.29, 0.717) is 17.6 Å². The Morgan fingerprint density at radius 1 is 1.05 bits per heavy atom. The maximum absolute atomic E-state index is 12.5. The molecular formula is C15H20N2O2S. The highest BCUT2D eigenvalue weighted by Crippen LogP contribution is 2.27. The molecule has 0 amide bonds. The van der Waals surface area contributed by atoms with Crippen molar-refractivity contribution in [2.24, 2.45) is 5.41 Å². The minimum absolute atomic E-state index is 0.114. The number of nitrogens with one attached hydrogen (secondary N) is 1. The van der Waals surface area contributed by atoms with E-state index < -0.39 is 10.0 Å². The average molecular weight is 292 g/mol. The first-order valence-corrected chi connectivity index (χ1v) is 7.96. The smallest absolute Gasteiger partial charge is 0.241 e. The Labute approximate surface area is 120 Å². The van der Waals surface area contributed by atoms with Gasteiger partial charge >= 0.3 is 0 Å². The number of benzene rings is 2. The zero-order valence-corrected chi connectivity index (χ0v) is 12.8. The summed E-state index contributed by atoms with van der Waals surface area (Å²) in [6, 6.07) is 10.4. The fourth-order valence-electron chi connectivity index (χ4n) is 1.92. The number of anilines is 1. The van der Waals surface area contributed by atoms with Crippen LogP contribution in [0.15, 0.2) is 41.3 Å². The summed E-state index contributed by atoms with van der Waals surface area (Å²) in [5, 5.41) is 1.40. The molecule has 0 aliphatic carbocycles. The Morgan fingerprint density at radius 3 is 2.25 bits per heavy atom. The van der Waals surface area contributed by atoms with E-state index in [-0.39, 0.29) is 10.3 Å². The molecule has 0 atom stereocenters. The first-order valence-electron chi connectivity index (χ1n) is 6.48. The molecule has 2 aromatic carbocycles.